The van der Waals surface area contributed by atoms with Crippen molar-refractivity contribution in [3.05, 3.63) is 74.8 Å². The first-order valence-corrected chi connectivity index (χ1v) is 8.45. The SMILES string of the molecule is O=C(NCCSCc1ccccc1)c1cc(Cl)ccc1[N+](=O)[O-]. The fourth-order valence-electron chi connectivity index (χ4n) is 1.95. The first-order chi connectivity index (χ1) is 11.1. The van der Waals surface area contributed by atoms with Crippen LogP contribution in [0.3, 0.4) is 0 Å². The number of carbonyl (C=O) groups excluding carboxylic acids is 1. The second-order valence-electron chi connectivity index (χ2n) is 4.71. The molecular formula is C16H15ClN2O3S. The second-order valence-corrected chi connectivity index (χ2v) is 6.25. The third-order valence-corrected chi connectivity index (χ3v) is 4.31. The van der Waals surface area contributed by atoms with Gasteiger partial charge in [-0.2, -0.15) is 11.8 Å². The van der Waals surface area contributed by atoms with Crippen molar-refractivity contribution in [1.29, 1.82) is 0 Å². The van der Waals surface area contributed by atoms with Gasteiger partial charge in [0.05, 0.1) is 4.92 Å². The van der Waals surface area contributed by atoms with E-state index in [4.69, 9.17) is 11.6 Å². The van der Waals surface area contributed by atoms with Crippen LogP contribution in [0.2, 0.25) is 5.02 Å². The predicted octanol–water partition coefficient (Wildman–Crippen LogP) is 3.91. The number of carbonyl (C=O) groups is 1. The highest BCUT2D eigenvalue weighted by molar-refractivity contribution is 7.98. The summed E-state index contributed by atoms with van der Waals surface area (Å²) < 4.78 is 0. The van der Waals surface area contributed by atoms with E-state index in [9.17, 15) is 14.9 Å². The van der Waals surface area contributed by atoms with Crippen molar-refractivity contribution in [3.8, 4) is 0 Å². The summed E-state index contributed by atoms with van der Waals surface area (Å²) in [5.41, 5.74) is 0.953. The Hall–Kier alpha value is -2.05. The molecule has 0 aliphatic carbocycles. The van der Waals surface area contributed by atoms with Gasteiger partial charge >= 0.3 is 0 Å². The minimum absolute atomic E-state index is 0.0180. The van der Waals surface area contributed by atoms with E-state index in [0.717, 1.165) is 11.5 Å². The van der Waals surface area contributed by atoms with E-state index >= 15 is 0 Å². The Balaban J connectivity index is 1.83. The van der Waals surface area contributed by atoms with Crippen molar-refractivity contribution < 1.29 is 9.72 Å². The number of nitrogens with one attached hydrogen (secondary N) is 1. The minimum atomic E-state index is -0.588. The smallest absolute Gasteiger partial charge is 0.282 e. The Morgan fingerprint density at radius 1 is 1.22 bits per heavy atom. The number of hydrogen-bond donors (Lipinski definition) is 1. The Morgan fingerprint density at radius 2 is 1.96 bits per heavy atom. The highest BCUT2D eigenvalue weighted by Crippen LogP contribution is 2.22. The van der Waals surface area contributed by atoms with Gasteiger partial charge in [-0.25, -0.2) is 0 Å². The maximum absolute atomic E-state index is 12.1. The maximum atomic E-state index is 12.1. The van der Waals surface area contributed by atoms with E-state index in [-0.39, 0.29) is 11.3 Å². The van der Waals surface area contributed by atoms with Gasteiger partial charge in [0.25, 0.3) is 11.6 Å². The summed E-state index contributed by atoms with van der Waals surface area (Å²) in [6, 6.07) is 14.0. The molecule has 7 heteroatoms. The molecule has 0 aliphatic rings. The van der Waals surface area contributed by atoms with Gasteiger partial charge in [0, 0.05) is 29.1 Å². The molecule has 5 nitrogen and oxygen atoms in total. The molecule has 0 radical (unpaired) electrons. The van der Waals surface area contributed by atoms with E-state index in [0.29, 0.717) is 11.6 Å². The third-order valence-electron chi connectivity index (χ3n) is 3.04. The zero-order valence-electron chi connectivity index (χ0n) is 12.2. The van der Waals surface area contributed by atoms with Crippen LogP contribution in [0.15, 0.2) is 48.5 Å². The van der Waals surface area contributed by atoms with Crippen LogP contribution < -0.4 is 5.32 Å². The number of halogens is 1. The molecule has 0 bridgehead atoms. The molecule has 0 fully saturated rings. The zero-order chi connectivity index (χ0) is 16.7. The molecule has 0 unspecified atom stereocenters. The van der Waals surface area contributed by atoms with Crippen LogP contribution in [0.1, 0.15) is 15.9 Å². The van der Waals surface area contributed by atoms with Crippen LogP contribution in [0.4, 0.5) is 5.69 Å². The lowest BCUT2D eigenvalue weighted by Crippen LogP contribution is -2.26. The normalized spacial score (nSPS) is 10.3. The van der Waals surface area contributed by atoms with Crippen molar-refractivity contribution in [2.24, 2.45) is 0 Å². The fraction of sp³-hybridized carbons (Fsp3) is 0.188. The van der Waals surface area contributed by atoms with Gasteiger partial charge in [-0.1, -0.05) is 41.9 Å². The topological polar surface area (TPSA) is 72.2 Å². The van der Waals surface area contributed by atoms with E-state index < -0.39 is 10.8 Å². The van der Waals surface area contributed by atoms with Crippen LogP contribution in [0.25, 0.3) is 0 Å². The third kappa shape index (κ3) is 5.26. The first-order valence-electron chi connectivity index (χ1n) is 6.92. The van der Waals surface area contributed by atoms with Gasteiger partial charge in [0.2, 0.25) is 0 Å². The summed E-state index contributed by atoms with van der Waals surface area (Å²) in [5.74, 6) is 1.09. The number of nitro groups is 1. The van der Waals surface area contributed by atoms with E-state index in [1.165, 1.54) is 23.8 Å². The molecule has 0 spiro atoms. The zero-order valence-corrected chi connectivity index (χ0v) is 13.8. The van der Waals surface area contributed by atoms with Crippen LogP contribution in [0.5, 0.6) is 0 Å². The molecule has 2 aromatic rings. The van der Waals surface area contributed by atoms with Crippen molar-refractivity contribution in [2.75, 3.05) is 12.3 Å². The molecule has 2 aromatic carbocycles. The van der Waals surface area contributed by atoms with Gasteiger partial charge in [-0.05, 0) is 17.7 Å². The Labute approximate surface area is 143 Å². The highest BCUT2D eigenvalue weighted by Gasteiger charge is 2.19. The molecule has 0 saturated heterocycles. The largest absolute Gasteiger partial charge is 0.351 e. The van der Waals surface area contributed by atoms with Gasteiger partial charge in [-0.15, -0.1) is 0 Å². The lowest BCUT2D eigenvalue weighted by molar-refractivity contribution is -0.385. The van der Waals surface area contributed by atoms with Gasteiger partial charge in [0.15, 0.2) is 0 Å². The molecular weight excluding hydrogens is 336 g/mol. The van der Waals surface area contributed by atoms with Crippen molar-refractivity contribution in [3.63, 3.8) is 0 Å². The molecule has 1 amide bonds. The number of nitrogens with zero attached hydrogens (tertiary/aromatic N) is 1. The van der Waals surface area contributed by atoms with Gasteiger partial charge in [0.1, 0.15) is 5.56 Å². The number of hydrogen-bond acceptors (Lipinski definition) is 4. The van der Waals surface area contributed by atoms with Gasteiger partial charge in [-0.3, -0.25) is 14.9 Å². The number of benzene rings is 2. The number of thioether (sulfide) groups is 1. The van der Waals surface area contributed by atoms with Crippen molar-refractivity contribution >= 4 is 35.0 Å². The van der Waals surface area contributed by atoms with Gasteiger partial charge < -0.3 is 5.32 Å². The summed E-state index contributed by atoms with van der Waals surface area (Å²) in [4.78, 5) is 22.4. The van der Waals surface area contributed by atoms with Crippen LogP contribution in [-0.4, -0.2) is 23.1 Å². The summed E-state index contributed by atoms with van der Waals surface area (Å²) in [6.07, 6.45) is 0. The lowest BCUT2D eigenvalue weighted by atomic mass is 10.1. The van der Waals surface area contributed by atoms with Crippen molar-refractivity contribution in [1.82, 2.24) is 5.32 Å². The van der Waals surface area contributed by atoms with E-state index in [2.05, 4.69) is 5.32 Å². The molecule has 23 heavy (non-hydrogen) atoms. The monoisotopic (exact) mass is 350 g/mol. The summed E-state index contributed by atoms with van der Waals surface area (Å²) >= 11 is 7.49. The van der Waals surface area contributed by atoms with E-state index in [1.54, 1.807) is 11.8 Å². The lowest BCUT2D eigenvalue weighted by Gasteiger charge is -2.06. The Bertz CT molecular complexity index is 695. The Kier molecular flexibility index (Phi) is 6.43. The van der Waals surface area contributed by atoms with Crippen LogP contribution in [0, 0.1) is 10.1 Å². The molecule has 0 aliphatic heterocycles. The second kappa shape index (κ2) is 8.55. The summed E-state index contributed by atoms with van der Waals surface area (Å²) in [5, 5.41) is 13.9. The molecule has 2 rings (SSSR count). The quantitative estimate of drug-likeness (QED) is 0.467. The molecule has 0 heterocycles. The molecule has 120 valence electrons. The molecule has 0 aromatic heterocycles. The maximum Gasteiger partial charge on any atom is 0.282 e. The van der Waals surface area contributed by atoms with Crippen LogP contribution in [-0.2, 0) is 5.75 Å². The standard InChI is InChI=1S/C16H15ClN2O3S/c17-13-6-7-15(19(21)22)14(10-13)16(20)18-8-9-23-11-12-4-2-1-3-5-12/h1-7,10H,8-9,11H2,(H,18,20). The number of amides is 1. The predicted molar refractivity (Wildman–Crippen MR) is 93.0 cm³/mol. The average Bonchev–Trinajstić information content (AvgIpc) is 2.55. The number of rotatable bonds is 7. The first kappa shape index (κ1) is 17.3. The minimum Gasteiger partial charge on any atom is -0.351 e. The van der Waals surface area contributed by atoms with Crippen molar-refractivity contribution in [2.45, 2.75) is 5.75 Å². The number of nitro benzene ring substituents is 1. The molecule has 1 N–H and O–H groups in total. The van der Waals surface area contributed by atoms with E-state index in [1.807, 2.05) is 30.3 Å². The Morgan fingerprint density at radius 3 is 2.65 bits per heavy atom. The molecule has 0 saturated carbocycles. The highest BCUT2D eigenvalue weighted by atomic mass is 35.5. The summed E-state index contributed by atoms with van der Waals surface area (Å²) in [6.45, 7) is 0.431. The fourth-order valence-corrected chi connectivity index (χ4v) is 2.94. The molecule has 0 atom stereocenters. The average molecular weight is 351 g/mol. The van der Waals surface area contributed by atoms with Crippen LogP contribution >= 0.6 is 23.4 Å². The summed E-state index contributed by atoms with van der Waals surface area (Å²) in [7, 11) is 0.